The largest absolute Gasteiger partial charge is 0.497 e. The van der Waals surface area contributed by atoms with Crippen LogP contribution in [0.25, 0.3) is 0 Å². The molecule has 1 fully saturated rings. The predicted octanol–water partition coefficient (Wildman–Crippen LogP) is 2.81. The number of benzene rings is 1. The number of urea groups is 1. The molecule has 1 aromatic heterocycles. The Kier molecular flexibility index (Phi) is 9.37. The molecule has 0 saturated carbocycles. The Balaban J connectivity index is 1.58. The van der Waals surface area contributed by atoms with Gasteiger partial charge in [-0.05, 0) is 36.6 Å². The minimum atomic E-state index is -0.384. The lowest BCUT2D eigenvalue weighted by Crippen LogP contribution is -2.49. The van der Waals surface area contributed by atoms with Crippen molar-refractivity contribution in [3.63, 3.8) is 0 Å². The fourth-order valence-corrected chi connectivity index (χ4v) is 5.23. The number of thiophene rings is 1. The summed E-state index contributed by atoms with van der Waals surface area (Å²) in [7, 11) is 3.21. The fourth-order valence-electron chi connectivity index (χ4n) is 4.51. The van der Waals surface area contributed by atoms with E-state index in [0.717, 1.165) is 29.2 Å². The van der Waals surface area contributed by atoms with E-state index in [-0.39, 0.29) is 24.5 Å². The van der Waals surface area contributed by atoms with Gasteiger partial charge < -0.3 is 24.4 Å². The van der Waals surface area contributed by atoms with Crippen molar-refractivity contribution in [1.82, 2.24) is 20.1 Å². The predicted molar refractivity (Wildman–Crippen MR) is 143 cm³/mol. The summed E-state index contributed by atoms with van der Waals surface area (Å²) in [5.41, 5.74) is 1.64. The van der Waals surface area contributed by atoms with E-state index in [1.54, 1.807) is 30.5 Å². The van der Waals surface area contributed by atoms with E-state index < -0.39 is 0 Å². The second kappa shape index (κ2) is 12.9. The molecule has 1 aromatic carbocycles. The maximum Gasteiger partial charge on any atom is 0.317 e. The molecule has 11 heteroatoms. The molecule has 2 aromatic rings. The van der Waals surface area contributed by atoms with Crippen LogP contribution in [0.15, 0.2) is 40.8 Å². The summed E-state index contributed by atoms with van der Waals surface area (Å²) in [6, 6.07) is 8.87. The van der Waals surface area contributed by atoms with Crippen molar-refractivity contribution < 1.29 is 23.8 Å². The highest BCUT2D eigenvalue weighted by molar-refractivity contribution is 7.12. The van der Waals surface area contributed by atoms with Crippen molar-refractivity contribution in [2.75, 3.05) is 66.7 Å². The van der Waals surface area contributed by atoms with Crippen molar-refractivity contribution in [3.05, 3.63) is 46.2 Å². The Labute approximate surface area is 221 Å². The number of carbonyl (C=O) groups excluding carboxylic acids is 2. The number of amides is 3. The van der Waals surface area contributed by atoms with Crippen LogP contribution in [-0.4, -0.2) is 99.2 Å². The van der Waals surface area contributed by atoms with Gasteiger partial charge in [0.25, 0.3) is 5.91 Å². The number of hydrazone groups is 1. The van der Waals surface area contributed by atoms with Crippen LogP contribution in [0, 0.1) is 0 Å². The lowest BCUT2D eigenvalue weighted by Gasteiger charge is -2.31. The summed E-state index contributed by atoms with van der Waals surface area (Å²) in [4.78, 5) is 31.5. The lowest BCUT2D eigenvalue weighted by atomic mass is 9.99. The third kappa shape index (κ3) is 6.60. The van der Waals surface area contributed by atoms with Gasteiger partial charge in [-0.25, -0.2) is 9.80 Å². The van der Waals surface area contributed by atoms with Gasteiger partial charge in [0.05, 0.1) is 44.1 Å². The van der Waals surface area contributed by atoms with Crippen LogP contribution in [0.3, 0.4) is 0 Å². The van der Waals surface area contributed by atoms with Crippen molar-refractivity contribution in [2.24, 2.45) is 5.10 Å². The lowest BCUT2D eigenvalue weighted by molar-refractivity contribution is -0.133. The summed E-state index contributed by atoms with van der Waals surface area (Å²) >= 11 is 1.58. The number of ether oxygens (including phenoxy) is 3. The number of hydrogen-bond acceptors (Lipinski definition) is 8. The molecule has 0 aliphatic carbocycles. The molecule has 4 rings (SSSR count). The van der Waals surface area contributed by atoms with Gasteiger partial charge in [-0.2, -0.15) is 5.10 Å². The van der Waals surface area contributed by atoms with Gasteiger partial charge >= 0.3 is 6.03 Å². The Hall–Kier alpha value is -3.15. The van der Waals surface area contributed by atoms with Gasteiger partial charge in [-0.3, -0.25) is 9.69 Å². The van der Waals surface area contributed by atoms with Crippen LogP contribution in [0.2, 0.25) is 0 Å². The third-order valence-corrected chi connectivity index (χ3v) is 7.42. The van der Waals surface area contributed by atoms with Crippen LogP contribution >= 0.6 is 11.3 Å². The summed E-state index contributed by atoms with van der Waals surface area (Å²) < 4.78 is 16.5. The molecule has 37 heavy (non-hydrogen) atoms. The van der Waals surface area contributed by atoms with Gasteiger partial charge in [0.15, 0.2) is 0 Å². The maximum atomic E-state index is 13.8. The van der Waals surface area contributed by atoms with Gasteiger partial charge in [0, 0.05) is 44.7 Å². The molecule has 1 saturated heterocycles. The minimum absolute atomic E-state index is 0.0832. The quantitative estimate of drug-likeness (QED) is 0.509. The first-order chi connectivity index (χ1) is 18.0. The zero-order chi connectivity index (χ0) is 26.2. The van der Waals surface area contributed by atoms with Crippen LogP contribution < -0.4 is 14.8 Å². The zero-order valence-electron chi connectivity index (χ0n) is 21.6. The molecule has 1 atom stereocenters. The van der Waals surface area contributed by atoms with E-state index in [4.69, 9.17) is 19.3 Å². The Morgan fingerprint density at radius 1 is 1.22 bits per heavy atom. The van der Waals surface area contributed by atoms with Crippen molar-refractivity contribution in [2.45, 2.75) is 19.4 Å². The van der Waals surface area contributed by atoms with E-state index in [1.807, 2.05) is 42.6 Å². The molecule has 3 amide bonds. The molecule has 0 spiro atoms. The Bertz CT molecular complexity index is 1090. The summed E-state index contributed by atoms with van der Waals surface area (Å²) in [6.45, 7) is 6.35. The molecule has 200 valence electrons. The molecule has 10 nitrogen and oxygen atoms in total. The topological polar surface area (TPSA) is 95.9 Å². The van der Waals surface area contributed by atoms with Crippen LogP contribution in [-0.2, 0) is 9.53 Å². The monoisotopic (exact) mass is 529 g/mol. The van der Waals surface area contributed by atoms with E-state index in [1.165, 1.54) is 5.01 Å². The fraction of sp³-hybridized carbons (Fsp3) is 0.500. The first-order valence-corrected chi connectivity index (χ1v) is 13.4. The molecule has 3 heterocycles. The number of morpholine rings is 1. The Morgan fingerprint density at radius 3 is 2.70 bits per heavy atom. The Morgan fingerprint density at radius 2 is 2.03 bits per heavy atom. The normalized spacial score (nSPS) is 17.9. The third-order valence-electron chi connectivity index (χ3n) is 6.50. The molecule has 1 unspecified atom stereocenters. The van der Waals surface area contributed by atoms with Crippen molar-refractivity contribution in [3.8, 4) is 11.5 Å². The van der Waals surface area contributed by atoms with Crippen LogP contribution in [0.1, 0.15) is 29.8 Å². The van der Waals surface area contributed by atoms with Crippen molar-refractivity contribution >= 4 is 29.0 Å². The number of nitrogens with zero attached hydrogens (tertiary/aromatic N) is 4. The van der Waals surface area contributed by atoms with E-state index in [2.05, 4.69) is 10.2 Å². The van der Waals surface area contributed by atoms with Gasteiger partial charge in [-0.15, -0.1) is 11.3 Å². The first-order valence-electron chi connectivity index (χ1n) is 12.5. The highest BCUT2D eigenvalue weighted by atomic mass is 32.1. The smallest absolute Gasteiger partial charge is 0.317 e. The van der Waals surface area contributed by atoms with Crippen molar-refractivity contribution in [1.29, 1.82) is 0 Å². The second-order valence-electron chi connectivity index (χ2n) is 8.80. The number of nitrogens with one attached hydrogen (secondary N) is 1. The molecule has 0 radical (unpaired) electrons. The van der Waals surface area contributed by atoms with E-state index >= 15 is 0 Å². The molecular formula is C26H35N5O5S. The molecule has 0 bridgehead atoms. The molecule has 2 aliphatic rings. The minimum Gasteiger partial charge on any atom is -0.497 e. The first kappa shape index (κ1) is 26.9. The van der Waals surface area contributed by atoms with Gasteiger partial charge in [-0.1, -0.05) is 6.07 Å². The number of hydrogen-bond donors (Lipinski definition) is 1. The molecule has 2 aliphatic heterocycles. The molecule has 1 N–H and O–H groups in total. The highest BCUT2D eigenvalue weighted by Crippen LogP contribution is 2.39. The van der Waals surface area contributed by atoms with Gasteiger partial charge in [0.1, 0.15) is 18.0 Å². The van der Waals surface area contributed by atoms with E-state index in [9.17, 15) is 9.59 Å². The number of carbonyl (C=O) groups is 2. The zero-order valence-corrected chi connectivity index (χ0v) is 22.5. The summed E-state index contributed by atoms with van der Waals surface area (Å²) in [5, 5.41) is 11.1. The van der Waals surface area contributed by atoms with Crippen LogP contribution in [0.4, 0.5) is 4.79 Å². The van der Waals surface area contributed by atoms with Crippen LogP contribution in [0.5, 0.6) is 11.5 Å². The highest BCUT2D eigenvalue weighted by Gasteiger charge is 2.36. The SMILES string of the molecule is CCNC(=O)N(CCN1CCOCC1)CC(=O)N1N=C(c2cccs2)CC1c1cc(OC)ccc1OC. The summed E-state index contributed by atoms with van der Waals surface area (Å²) in [6.07, 6.45) is 0.532. The number of rotatable bonds is 10. The number of methoxy groups -OCH3 is 2. The van der Waals surface area contributed by atoms with E-state index in [0.29, 0.717) is 50.8 Å². The maximum absolute atomic E-state index is 13.8. The second-order valence-corrected chi connectivity index (χ2v) is 9.75. The average molecular weight is 530 g/mol. The molecular weight excluding hydrogens is 494 g/mol. The van der Waals surface area contributed by atoms with Gasteiger partial charge in [0.2, 0.25) is 0 Å². The summed E-state index contributed by atoms with van der Waals surface area (Å²) in [5.74, 6) is 1.07. The average Bonchev–Trinajstić information content (AvgIpc) is 3.62. The standard InChI is InChI=1S/C26H35N5O5S/c1-4-27-26(33)30(10-9-29-11-13-36-14-12-29)18-25(32)31-22(17-21(28-31)24-6-5-15-37-24)20-16-19(34-2)7-8-23(20)35-3/h5-8,15-16,22H,4,9-14,17-18H2,1-3H3,(H,27,33).